The maximum absolute atomic E-state index is 14.3. The van der Waals surface area contributed by atoms with E-state index >= 15 is 0 Å². The van der Waals surface area contributed by atoms with Crippen LogP contribution in [0.3, 0.4) is 0 Å². The van der Waals surface area contributed by atoms with Crippen LogP contribution in [0.2, 0.25) is 0 Å². The minimum Gasteiger partial charge on any atom is -0.508 e. The molecule has 3 aliphatic rings. The Bertz CT molecular complexity index is 2560. The van der Waals surface area contributed by atoms with Crippen LogP contribution in [0.1, 0.15) is 86.5 Å². The molecule has 1 fully saturated rings. The van der Waals surface area contributed by atoms with Crippen molar-refractivity contribution in [3.63, 3.8) is 0 Å². The summed E-state index contributed by atoms with van der Waals surface area (Å²) in [6.07, 6.45) is 6.14. The van der Waals surface area contributed by atoms with Gasteiger partial charge in [-0.2, -0.15) is 0 Å². The van der Waals surface area contributed by atoms with E-state index in [0.717, 1.165) is 50.4 Å². The highest BCUT2D eigenvalue weighted by Crippen LogP contribution is 2.58. The second kappa shape index (κ2) is 19.8. The fourth-order valence-corrected chi connectivity index (χ4v) is 15.1. The van der Waals surface area contributed by atoms with E-state index in [0.29, 0.717) is 6.42 Å². The molecule has 6 atom stereocenters. The molecular formula is C53H63N3O10P+. The zero-order chi connectivity index (χ0) is 48.5. The Balaban J connectivity index is 0.997. The quantitative estimate of drug-likeness (QED) is 0.0275. The topological polar surface area (TPSA) is 220 Å². The van der Waals surface area contributed by atoms with E-state index in [9.17, 15) is 44.7 Å². The first-order chi connectivity index (χ1) is 31.9. The lowest BCUT2D eigenvalue weighted by Gasteiger charge is -2.53. The Kier molecular flexibility index (Phi) is 14.5. The summed E-state index contributed by atoms with van der Waals surface area (Å²) in [7, 11) is 2.60. The number of nitrogens with zero attached hydrogens (tertiary/aromatic N) is 1. The largest absolute Gasteiger partial charge is 0.508 e. The summed E-state index contributed by atoms with van der Waals surface area (Å²) in [6.45, 7) is 5.87. The van der Waals surface area contributed by atoms with Crippen molar-refractivity contribution in [2.24, 2.45) is 17.6 Å². The number of fused-ring (bicyclic) bond motifs is 3. The fourth-order valence-electron chi connectivity index (χ4n) is 10.8. The van der Waals surface area contributed by atoms with Gasteiger partial charge in [0.2, 0.25) is 11.7 Å². The number of aliphatic hydroxyl groups excluding tert-OH is 3. The smallest absolute Gasteiger partial charge is 0.255 e. The highest BCUT2D eigenvalue weighted by Gasteiger charge is 2.68. The fraction of sp³-hybridized carbons (Fsp3) is 0.396. The van der Waals surface area contributed by atoms with Crippen LogP contribution in [-0.2, 0) is 19.2 Å². The number of Topliss-reactive ketones (excluding diaryl/α,β-unsaturated/α-hetero) is 2. The second-order valence-corrected chi connectivity index (χ2v) is 22.3. The molecule has 0 spiro atoms. The molecule has 2 amide bonds. The van der Waals surface area contributed by atoms with Gasteiger partial charge in [-0.15, -0.1) is 0 Å². The van der Waals surface area contributed by atoms with Crippen molar-refractivity contribution in [3.05, 3.63) is 124 Å². The van der Waals surface area contributed by atoms with E-state index in [-0.39, 0.29) is 29.1 Å². The molecule has 354 valence electrons. The lowest BCUT2D eigenvalue weighted by Crippen LogP contribution is -2.70. The third-order valence-corrected chi connectivity index (χ3v) is 18.8. The number of carbonyl (C=O) groups is 4. The molecule has 8 N–H and O–H groups in total. The number of aromatic hydroxyl groups is 1. The van der Waals surface area contributed by atoms with Crippen LogP contribution in [0.15, 0.2) is 102 Å². The summed E-state index contributed by atoms with van der Waals surface area (Å²) in [5.41, 5.74) is 3.70. The molecule has 14 heteroatoms. The highest BCUT2D eigenvalue weighted by atomic mass is 31.2. The number of amides is 2. The summed E-state index contributed by atoms with van der Waals surface area (Å²) in [5, 5.41) is 64.9. The molecule has 0 saturated heterocycles. The first-order valence-corrected chi connectivity index (χ1v) is 25.0. The number of aryl methyl sites for hydroxylation is 2. The first-order valence-electron chi connectivity index (χ1n) is 23.1. The number of hydrogen-bond donors (Lipinski definition) is 7. The molecular weight excluding hydrogens is 870 g/mol. The number of unbranched alkanes of at least 4 members (excludes halogenated alkanes) is 6. The Hall–Kier alpha value is -5.85. The standard InChI is InChI=1S/C53H62N3O10P/c1-30-15-21-34(22-16-30)67(35-23-17-31(2)18-24-35,36-25-19-33(66-6)20-26-36)29-13-11-9-7-8-10-12-14-39(58)55-37-27-28-38(57)42-40(37)32(3)41-43(47(42)59)50(62)53(65)45(48(41)60)46(56(4)5)49(61)44(51(53)63)52(54)64/h15-28,32,41,45-46,48,60,65H,7-14,29H2,1-6H3,(H5-,54,55,57,58,59,61,62,63,64)/p+1/t32-,41+,45+,46-,48-,53-/m0/s1. The molecule has 4 aromatic carbocycles. The van der Waals surface area contributed by atoms with Crippen molar-refractivity contribution >= 4 is 58.0 Å². The predicted molar refractivity (Wildman–Crippen MR) is 262 cm³/mol. The molecule has 1 saturated carbocycles. The van der Waals surface area contributed by atoms with Crippen LogP contribution in [0, 0.1) is 25.7 Å². The lowest BCUT2D eigenvalue weighted by molar-refractivity contribution is -0.169. The number of hydrogen-bond acceptors (Lipinski definition) is 11. The number of nitrogens with one attached hydrogen (secondary N) is 1. The minimum atomic E-state index is -3.01. The average molecular weight is 933 g/mol. The van der Waals surface area contributed by atoms with Gasteiger partial charge in [0.1, 0.15) is 51.8 Å². The minimum absolute atomic E-state index is 0.185. The van der Waals surface area contributed by atoms with E-state index in [1.165, 1.54) is 58.2 Å². The number of ketones is 2. The Morgan fingerprint density at radius 3 is 1.84 bits per heavy atom. The van der Waals surface area contributed by atoms with Gasteiger partial charge < -0.3 is 41.3 Å². The number of ether oxygens (including phenoxy) is 1. The molecule has 0 heterocycles. The molecule has 13 nitrogen and oxygen atoms in total. The molecule has 4 aromatic rings. The molecule has 0 radical (unpaired) electrons. The number of nitrogens with two attached hydrogens (primary N) is 1. The van der Waals surface area contributed by atoms with Crippen molar-refractivity contribution in [2.45, 2.75) is 95.8 Å². The van der Waals surface area contributed by atoms with Crippen LogP contribution in [-0.4, -0.2) is 98.9 Å². The van der Waals surface area contributed by atoms with Crippen molar-refractivity contribution in [3.8, 4) is 11.5 Å². The zero-order valence-corrected chi connectivity index (χ0v) is 40.0. The Morgan fingerprint density at radius 1 is 0.791 bits per heavy atom. The number of aliphatic hydroxyl groups is 4. The molecule has 67 heavy (non-hydrogen) atoms. The normalized spacial score (nSPS) is 22.6. The summed E-state index contributed by atoms with van der Waals surface area (Å²) in [5.74, 6) is -9.39. The van der Waals surface area contributed by atoms with Gasteiger partial charge in [-0.3, -0.25) is 24.1 Å². The van der Waals surface area contributed by atoms with Crippen LogP contribution < -0.4 is 31.7 Å². The monoisotopic (exact) mass is 932 g/mol. The number of phenolic OH excluding ortho intramolecular Hbond substituents is 1. The first kappa shape index (κ1) is 49.1. The summed E-state index contributed by atoms with van der Waals surface area (Å²) in [6, 6.07) is 27.9. The third kappa shape index (κ3) is 8.79. The third-order valence-electron chi connectivity index (χ3n) is 14.2. The van der Waals surface area contributed by atoms with E-state index in [1.54, 1.807) is 14.0 Å². The number of carbonyl (C=O) groups excluding carboxylic acids is 4. The number of anilines is 1. The van der Waals surface area contributed by atoms with Crippen LogP contribution >= 0.6 is 7.26 Å². The number of benzene rings is 4. The number of methoxy groups -OCH3 is 1. The summed E-state index contributed by atoms with van der Waals surface area (Å²) < 4.78 is 5.53. The van der Waals surface area contributed by atoms with Crippen molar-refractivity contribution in [1.82, 2.24) is 4.90 Å². The van der Waals surface area contributed by atoms with Crippen molar-refractivity contribution in [1.29, 1.82) is 0 Å². The van der Waals surface area contributed by atoms with E-state index in [1.807, 2.05) is 0 Å². The van der Waals surface area contributed by atoms with Gasteiger partial charge in [0.15, 0.2) is 11.4 Å². The number of likely N-dealkylation sites (N-methyl/N-ethyl adjacent to an activating group) is 1. The SMILES string of the molecule is COc1ccc([P+](CCCCCCCCCC(=O)Nc2ccc(O)c3c2[C@H](C)[C@@H]2C(=C3O)C(=O)[C@]3(O)C(O)=C(C(N)=O)C(=O)[C@@H](N(C)C)[C@@H]3[C@H]2O)(c2ccc(C)cc2)c2ccc(C)cc2)cc1. The summed E-state index contributed by atoms with van der Waals surface area (Å²) in [4.78, 5) is 55.0. The molecule has 3 aliphatic carbocycles. The highest BCUT2D eigenvalue weighted by molar-refractivity contribution is 7.95. The Labute approximate surface area is 392 Å². The summed E-state index contributed by atoms with van der Waals surface area (Å²) >= 11 is 0. The van der Waals surface area contributed by atoms with Crippen LogP contribution in [0.25, 0.3) is 5.76 Å². The van der Waals surface area contributed by atoms with Gasteiger partial charge in [0, 0.05) is 23.6 Å². The van der Waals surface area contributed by atoms with Gasteiger partial charge in [-0.1, -0.05) is 68.0 Å². The molecule has 7 rings (SSSR count). The Morgan fingerprint density at radius 2 is 1.31 bits per heavy atom. The zero-order valence-electron chi connectivity index (χ0n) is 39.1. The number of rotatable bonds is 17. The number of primary amides is 1. The van der Waals surface area contributed by atoms with Crippen LogP contribution in [0.4, 0.5) is 5.69 Å². The van der Waals surface area contributed by atoms with Gasteiger partial charge >= 0.3 is 0 Å². The predicted octanol–water partition coefficient (Wildman–Crippen LogP) is 6.17. The van der Waals surface area contributed by atoms with Gasteiger partial charge in [-0.05, 0) is 119 Å². The van der Waals surface area contributed by atoms with E-state index < -0.39 is 88.7 Å². The van der Waals surface area contributed by atoms with Crippen molar-refractivity contribution < 1.29 is 49.4 Å². The van der Waals surface area contributed by atoms with E-state index in [2.05, 4.69) is 92.0 Å². The maximum atomic E-state index is 14.3. The lowest BCUT2D eigenvalue weighted by atomic mass is 9.54. The van der Waals surface area contributed by atoms with Gasteiger partial charge in [0.25, 0.3) is 5.91 Å². The van der Waals surface area contributed by atoms with Crippen LogP contribution in [0.5, 0.6) is 11.5 Å². The molecule has 0 unspecified atom stereocenters. The van der Waals surface area contributed by atoms with Crippen molar-refractivity contribution in [2.75, 3.05) is 32.7 Å². The molecule has 0 aliphatic heterocycles. The average Bonchev–Trinajstić information content (AvgIpc) is 3.29. The van der Waals surface area contributed by atoms with E-state index in [4.69, 9.17) is 10.5 Å². The molecule has 0 aromatic heterocycles. The van der Waals surface area contributed by atoms with Gasteiger partial charge in [-0.25, -0.2) is 0 Å². The number of phenols is 1. The molecule has 0 bridgehead atoms. The van der Waals surface area contributed by atoms with Gasteiger partial charge in [0.05, 0.1) is 36.9 Å². The second-order valence-electron chi connectivity index (χ2n) is 18.6. The maximum Gasteiger partial charge on any atom is 0.255 e.